The number of para-hydroxylation sites is 3. The molecule has 0 radical (unpaired) electrons. The summed E-state index contributed by atoms with van der Waals surface area (Å²) in [6, 6.07) is 85.6. The normalized spacial score (nSPS) is 12.1. The Morgan fingerprint density at radius 2 is 0.709 bits per heavy atom. The Bertz CT molecular complexity index is 4110. The number of nitrogens with zero attached hydrogens (tertiary/aromatic N) is 6. The number of hydrogen-bond donors (Lipinski definition) is 0. The summed E-state index contributed by atoms with van der Waals surface area (Å²) in [4.78, 5) is 20.7. The van der Waals surface area contributed by atoms with Gasteiger partial charge in [0.15, 0.2) is 11.6 Å². The van der Waals surface area contributed by atoms with E-state index in [2.05, 4.69) is 295 Å². The second kappa shape index (κ2) is 20.0. The number of benzene rings is 10. The fraction of sp³-hybridized carbons (Fsp3) is 0.164. The van der Waals surface area contributed by atoms with Crippen LogP contribution in [0.4, 0.5) is 34.1 Å². The first-order valence-corrected chi connectivity index (χ1v) is 27.5. The number of fused-ring (bicyclic) bond motifs is 4. The first-order chi connectivity index (χ1) is 38.1. The van der Waals surface area contributed by atoms with Gasteiger partial charge in [0.05, 0.1) is 22.4 Å². The Kier molecular flexibility index (Phi) is 12.8. The van der Waals surface area contributed by atoms with Crippen LogP contribution in [-0.4, -0.2) is 19.5 Å². The van der Waals surface area contributed by atoms with Gasteiger partial charge >= 0.3 is 0 Å². The highest BCUT2D eigenvalue weighted by molar-refractivity contribution is 6.09. The highest BCUT2D eigenvalue weighted by Gasteiger charge is 2.30. The van der Waals surface area contributed by atoms with Gasteiger partial charge in [0.2, 0.25) is 5.95 Å². The number of hydrogen-bond acceptors (Lipinski definition) is 5. The van der Waals surface area contributed by atoms with Crippen molar-refractivity contribution in [2.45, 2.75) is 78.6 Å². The molecule has 0 aliphatic carbocycles. The molecule has 6 heteroatoms. The van der Waals surface area contributed by atoms with Crippen molar-refractivity contribution >= 4 is 66.7 Å². The summed E-state index contributed by atoms with van der Waals surface area (Å²) < 4.78 is 2.17. The van der Waals surface area contributed by atoms with Gasteiger partial charge in [-0.25, -0.2) is 4.98 Å². The van der Waals surface area contributed by atoms with Gasteiger partial charge in [-0.3, -0.25) is 4.57 Å². The molecule has 0 bridgehead atoms. The first-order valence-electron chi connectivity index (χ1n) is 27.5. The third-order valence-electron chi connectivity index (χ3n) is 15.3. The molecule has 2 heterocycles. The molecule has 12 rings (SSSR count). The summed E-state index contributed by atoms with van der Waals surface area (Å²) in [6.45, 7) is 20.6. The van der Waals surface area contributed by atoms with Gasteiger partial charge in [0.25, 0.3) is 0 Å². The molecule has 388 valence electrons. The third-order valence-corrected chi connectivity index (χ3v) is 15.3. The lowest BCUT2D eigenvalue weighted by molar-refractivity contribution is 0.589. The van der Waals surface area contributed by atoms with Crippen molar-refractivity contribution in [3.8, 4) is 39.9 Å². The quantitative estimate of drug-likeness (QED) is 0.137. The molecule has 0 atom stereocenters. The minimum absolute atomic E-state index is 0.00732. The van der Waals surface area contributed by atoms with Crippen LogP contribution in [-0.2, 0) is 16.2 Å². The molecule has 79 heavy (non-hydrogen) atoms. The predicted octanol–water partition coefficient (Wildman–Crippen LogP) is 20.0. The van der Waals surface area contributed by atoms with Crippen molar-refractivity contribution in [3.63, 3.8) is 0 Å². The zero-order valence-electron chi connectivity index (χ0n) is 46.7. The van der Waals surface area contributed by atoms with Gasteiger partial charge in [0, 0.05) is 50.2 Å². The molecule has 10 aromatic carbocycles. The topological polar surface area (TPSA) is 50.1 Å². The van der Waals surface area contributed by atoms with Gasteiger partial charge in [-0.2, -0.15) is 9.97 Å². The van der Waals surface area contributed by atoms with Crippen LogP contribution in [0.15, 0.2) is 237 Å². The maximum atomic E-state index is 5.34. The molecule has 0 N–H and O–H groups in total. The summed E-state index contributed by atoms with van der Waals surface area (Å²) in [6.07, 6.45) is 0. The van der Waals surface area contributed by atoms with E-state index in [4.69, 9.17) is 15.0 Å². The van der Waals surface area contributed by atoms with Gasteiger partial charge in [-0.1, -0.05) is 208 Å². The Hall–Kier alpha value is -9.13. The molecule has 0 fully saturated rings. The second-order valence-electron chi connectivity index (χ2n) is 23.9. The van der Waals surface area contributed by atoms with E-state index in [1.165, 1.54) is 27.5 Å². The van der Waals surface area contributed by atoms with Crippen molar-refractivity contribution in [3.05, 3.63) is 253 Å². The fourth-order valence-corrected chi connectivity index (χ4v) is 10.9. The monoisotopic (exact) mass is 1030 g/mol. The Balaban J connectivity index is 1.11. The zero-order chi connectivity index (χ0) is 54.6. The summed E-state index contributed by atoms with van der Waals surface area (Å²) in [5.41, 5.74) is 15.9. The van der Waals surface area contributed by atoms with Crippen molar-refractivity contribution in [1.29, 1.82) is 0 Å². The van der Waals surface area contributed by atoms with E-state index in [1.807, 2.05) is 18.2 Å². The van der Waals surface area contributed by atoms with Gasteiger partial charge in [-0.15, -0.1) is 0 Å². The number of aromatic nitrogens is 4. The Labute approximate surface area is 465 Å². The van der Waals surface area contributed by atoms with E-state index in [9.17, 15) is 0 Å². The Morgan fingerprint density at radius 3 is 1.20 bits per heavy atom. The van der Waals surface area contributed by atoms with Crippen LogP contribution >= 0.6 is 0 Å². The fourth-order valence-electron chi connectivity index (χ4n) is 10.9. The second-order valence-corrected chi connectivity index (χ2v) is 23.9. The van der Waals surface area contributed by atoms with Crippen molar-refractivity contribution < 1.29 is 0 Å². The molecule has 0 spiro atoms. The lowest BCUT2D eigenvalue weighted by Crippen LogP contribution is -2.20. The molecule has 0 aliphatic rings. The molecule has 0 amide bonds. The average molecular weight is 1030 g/mol. The van der Waals surface area contributed by atoms with Gasteiger partial charge in [-0.05, 0) is 140 Å². The lowest BCUT2D eigenvalue weighted by Gasteiger charge is -2.36. The summed E-state index contributed by atoms with van der Waals surface area (Å²) >= 11 is 0. The molecule has 0 saturated carbocycles. The summed E-state index contributed by atoms with van der Waals surface area (Å²) in [7, 11) is 0. The molecule has 0 aliphatic heterocycles. The largest absolute Gasteiger partial charge is 0.310 e. The first kappa shape index (κ1) is 50.7. The minimum atomic E-state index is -0.237. The van der Waals surface area contributed by atoms with Crippen LogP contribution in [0.3, 0.4) is 0 Å². The Morgan fingerprint density at radius 1 is 0.316 bits per heavy atom. The van der Waals surface area contributed by atoms with Crippen LogP contribution in [0.25, 0.3) is 72.4 Å². The van der Waals surface area contributed by atoms with Crippen LogP contribution in [0.5, 0.6) is 0 Å². The maximum absolute atomic E-state index is 5.34. The molecule has 0 unspecified atom stereocenters. The van der Waals surface area contributed by atoms with E-state index in [0.717, 1.165) is 78.2 Å². The third kappa shape index (κ3) is 9.84. The highest BCUT2D eigenvalue weighted by Crippen LogP contribution is 2.52. The van der Waals surface area contributed by atoms with E-state index in [-0.39, 0.29) is 16.2 Å². The lowest BCUT2D eigenvalue weighted by atomic mass is 9.83. The molecular weight excluding hydrogens is 961 g/mol. The van der Waals surface area contributed by atoms with Crippen molar-refractivity contribution in [1.82, 2.24) is 19.5 Å². The van der Waals surface area contributed by atoms with E-state index in [0.29, 0.717) is 17.6 Å². The predicted molar refractivity (Wildman–Crippen MR) is 333 cm³/mol. The average Bonchev–Trinajstić information content (AvgIpc) is 4.10. The van der Waals surface area contributed by atoms with Crippen molar-refractivity contribution in [2.24, 2.45) is 0 Å². The molecule has 12 aromatic rings. The van der Waals surface area contributed by atoms with Crippen LogP contribution in [0.1, 0.15) is 79.0 Å². The van der Waals surface area contributed by atoms with E-state index >= 15 is 0 Å². The van der Waals surface area contributed by atoms with Gasteiger partial charge in [0.1, 0.15) is 0 Å². The van der Waals surface area contributed by atoms with E-state index in [1.54, 1.807) is 0 Å². The van der Waals surface area contributed by atoms with Crippen LogP contribution in [0.2, 0.25) is 0 Å². The molecule has 0 saturated heterocycles. The maximum Gasteiger partial charge on any atom is 0.238 e. The van der Waals surface area contributed by atoms with Crippen LogP contribution in [0, 0.1) is 0 Å². The van der Waals surface area contributed by atoms with Crippen LogP contribution < -0.4 is 9.80 Å². The highest BCUT2D eigenvalue weighted by atomic mass is 15.2. The summed E-state index contributed by atoms with van der Waals surface area (Å²) in [5, 5.41) is 4.66. The standard InChI is InChI=1S/C73H66N6/c1-71(2,3)54-36-42-59(43-37-54)77(57-26-14-11-15-27-57)65-47-56(73(7,8)9)48-66(67(65)53-33-32-49-22-16-17-25-52(49)46-53)78(60-44-38-55(39-45-60)72(4,5)6)58-40-34-51(35-41-58)69-74-68(50-23-12-10-13-24-50)75-70(76-69)79-63-30-20-18-28-61(63)62-29-19-21-31-64(62)79/h10-48H,1-9H3. The van der Waals surface area contributed by atoms with E-state index < -0.39 is 0 Å². The number of anilines is 6. The smallest absolute Gasteiger partial charge is 0.238 e. The molecule has 2 aromatic heterocycles. The summed E-state index contributed by atoms with van der Waals surface area (Å²) in [5.74, 6) is 1.76. The minimum Gasteiger partial charge on any atom is -0.310 e. The van der Waals surface area contributed by atoms with Crippen molar-refractivity contribution in [2.75, 3.05) is 9.80 Å². The number of rotatable bonds is 10. The zero-order valence-corrected chi connectivity index (χ0v) is 46.7. The van der Waals surface area contributed by atoms with Gasteiger partial charge < -0.3 is 9.80 Å². The SMILES string of the molecule is CC(C)(C)c1ccc(N(c2ccccc2)c2cc(C(C)(C)C)cc(N(c3ccc(-c4nc(-c5ccccc5)nc(-n5c6ccccc6c6ccccc65)n4)cc3)c3ccc(C(C)(C)C)cc3)c2-c2ccc3ccccc3c2)cc1. The molecular formula is C73H66N6. The molecule has 6 nitrogen and oxygen atoms in total.